The molecule has 0 saturated carbocycles. The summed E-state index contributed by atoms with van der Waals surface area (Å²) in [5, 5.41) is 11.5. The van der Waals surface area contributed by atoms with Gasteiger partial charge < -0.3 is 9.13 Å². The number of para-hydroxylation sites is 1. The van der Waals surface area contributed by atoms with E-state index >= 15 is 0 Å². The minimum absolute atomic E-state index is 0.0713. The molecule has 3 rings (SSSR count). The minimum Gasteiger partial charge on any atom is -0.305 e. The van der Waals surface area contributed by atoms with Crippen molar-refractivity contribution in [3.8, 4) is 0 Å². The van der Waals surface area contributed by atoms with Crippen molar-refractivity contribution in [2.75, 3.05) is 0 Å². The molecule has 0 bridgehead atoms. The quantitative estimate of drug-likeness (QED) is 0.505. The fourth-order valence-electron chi connectivity index (χ4n) is 2.80. The van der Waals surface area contributed by atoms with Crippen LogP contribution in [0.15, 0.2) is 64.2 Å². The highest BCUT2D eigenvalue weighted by molar-refractivity contribution is 5.60. The molecule has 1 aromatic heterocycles. The van der Waals surface area contributed by atoms with Crippen molar-refractivity contribution in [3.63, 3.8) is 0 Å². The lowest BCUT2D eigenvalue weighted by molar-refractivity contribution is -0.385. The smallest absolute Gasteiger partial charge is 0.276 e. The number of hydrogen-bond donors (Lipinski definition) is 0. The van der Waals surface area contributed by atoms with E-state index in [0.29, 0.717) is 0 Å². The highest BCUT2D eigenvalue weighted by Gasteiger charge is 2.12. The van der Waals surface area contributed by atoms with Crippen molar-refractivity contribution in [1.29, 1.82) is 0 Å². The molecule has 0 N–H and O–H groups in total. The van der Waals surface area contributed by atoms with Crippen molar-refractivity contribution in [3.05, 3.63) is 107 Å². The van der Waals surface area contributed by atoms with E-state index in [9.17, 15) is 19.7 Å². The van der Waals surface area contributed by atoms with Crippen molar-refractivity contribution in [1.82, 2.24) is 9.13 Å². The van der Waals surface area contributed by atoms with Crippen LogP contribution in [-0.2, 0) is 14.1 Å². The number of nitrogens with zero attached hydrogens (tertiary/aromatic N) is 3. The van der Waals surface area contributed by atoms with Gasteiger partial charge in [0.15, 0.2) is 0 Å². The monoisotopic (exact) mass is 363 g/mol. The van der Waals surface area contributed by atoms with Crippen LogP contribution in [0.25, 0.3) is 12.2 Å². The first-order chi connectivity index (χ1) is 12.9. The molecular weight excluding hydrogens is 346 g/mol. The standard InChI is InChI=1S/C20H17N3O4/c1-21-17(12-14-8-4-3-5-9-14)19(24)22(2)18(20(21)25)13-15-10-6-7-11-16(15)23(26)27/h3-13H,1-2H3/b17-12-,18-13-. The van der Waals surface area contributed by atoms with Gasteiger partial charge in [0.05, 0.1) is 10.5 Å². The fourth-order valence-corrected chi connectivity index (χ4v) is 2.80. The SMILES string of the molecule is Cn1c(=O)/c(=C/c2ccccc2[N+](=O)[O-])n(C)c(=O)/c1=C/c1ccccc1. The molecule has 0 amide bonds. The summed E-state index contributed by atoms with van der Waals surface area (Å²) < 4.78 is 2.48. The first-order valence-electron chi connectivity index (χ1n) is 8.18. The van der Waals surface area contributed by atoms with Gasteiger partial charge >= 0.3 is 0 Å². The Kier molecular flexibility index (Phi) is 4.85. The van der Waals surface area contributed by atoms with Crippen LogP contribution in [0.1, 0.15) is 11.1 Å². The van der Waals surface area contributed by atoms with Crippen LogP contribution in [-0.4, -0.2) is 14.1 Å². The van der Waals surface area contributed by atoms with Crippen LogP contribution >= 0.6 is 0 Å². The molecule has 0 aliphatic rings. The molecule has 27 heavy (non-hydrogen) atoms. The highest BCUT2D eigenvalue weighted by Crippen LogP contribution is 2.17. The summed E-state index contributed by atoms with van der Waals surface area (Å²) in [5.41, 5.74) is 0.129. The minimum atomic E-state index is -0.522. The zero-order chi connectivity index (χ0) is 19.6. The molecule has 1 heterocycles. The van der Waals surface area contributed by atoms with Gasteiger partial charge in [-0.3, -0.25) is 19.7 Å². The zero-order valence-corrected chi connectivity index (χ0v) is 14.8. The topological polar surface area (TPSA) is 87.1 Å². The second kappa shape index (κ2) is 7.25. The second-order valence-corrected chi connectivity index (χ2v) is 6.01. The van der Waals surface area contributed by atoms with E-state index in [2.05, 4.69) is 0 Å². The first kappa shape index (κ1) is 18.1. The molecule has 0 radical (unpaired) electrons. The van der Waals surface area contributed by atoms with Crippen LogP contribution < -0.4 is 21.8 Å². The number of benzene rings is 2. The summed E-state index contributed by atoms with van der Waals surface area (Å²) in [4.78, 5) is 36.3. The Balaban J connectivity index is 2.34. The van der Waals surface area contributed by atoms with Gasteiger partial charge in [0.2, 0.25) is 0 Å². The van der Waals surface area contributed by atoms with Crippen LogP contribution in [0.2, 0.25) is 0 Å². The van der Waals surface area contributed by atoms with Crippen molar-refractivity contribution < 1.29 is 4.92 Å². The molecule has 2 aromatic carbocycles. The summed E-state index contributed by atoms with van der Waals surface area (Å²) in [6, 6.07) is 15.3. The Morgan fingerprint density at radius 1 is 0.815 bits per heavy atom. The van der Waals surface area contributed by atoms with E-state index in [1.807, 2.05) is 30.3 Å². The van der Waals surface area contributed by atoms with Gasteiger partial charge in [0.25, 0.3) is 16.8 Å². The van der Waals surface area contributed by atoms with Crippen LogP contribution in [0.5, 0.6) is 0 Å². The van der Waals surface area contributed by atoms with Gasteiger partial charge in [-0.25, -0.2) is 0 Å². The fraction of sp³-hybridized carbons (Fsp3) is 0.100. The molecule has 0 atom stereocenters. The Morgan fingerprint density at radius 2 is 1.33 bits per heavy atom. The van der Waals surface area contributed by atoms with Gasteiger partial charge in [-0.1, -0.05) is 42.5 Å². The molecule has 0 unspecified atom stereocenters. The van der Waals surface area contributed by atoms with Crippen LogP contribution in [0, 0.1) is 10.1 Å². The number of nitro benzene ring substituents is 1. The number of nitro groups is 1. The maximum absolute atomic E-state index is 12.8. The Morgan fingerprint density at radius 3 is 1.93 bits per heavy atom. The summed E-state index contributed by atoms with van der Waals surface area (Å²) in [7, 11) is 2.99. The number of rotatable bonds is 3. The van der Waals surface area contributed by atoms with Crippen molar-refractivity contribution in [2.24, 2.45) is 14.1 Å². The predicted octanol–water partition coefficient (Wildman–Crippen LogP) is 0.650. The highest BCUT2D eigenvalue weighted by atomic mass is 16.6. The number of hydrogen-bond acceptors (Lipinski definition) is 4. The summed E-state index contributed by atoms with van der Waals surface area (Å²) in [6.07, 6.45) is 3.01. The van der Waals surface area contributed by atoms with Crippen LogP contribution in [0.3, 0.4) is 0 Å². The summed E-state index contributed by atoms with van der Waals surface area (Å²) in [6.45, 7) is 0. The Hall–Kier alpha value is -3.74. The molecule has 0 saturated heterocycles. The van der Waals surface area contributed by atoms with Gasteiger partial charge in [0, 0.05) is 20.2 Å². The summed E-state index contributed by atoms with van der Waals surface area (Å²) in [5.74, 6) is 0. The lowest BCUT2D eigenvalue weighted by Crippen LogP contribution is -2.56. The molecule has 136 valence electrons. The van der Waals surface area contributed by atoms with E-state index in [-0.39, 0.29) is 27.5 Å². The van der Waals surface area contributed by atoms with Gasteiger partial charge in [-0.05, 0) is 23.8 Å². The van der Waals surface area contributed by atoms with E-state index in [0.717, 1.165) is 5.56 Å². The lowest BCUT2D eigenvalue weighted by atomic mass is 10.1. The van der Waals surface area contributed by atoms with Gasteiger partial charge in [-0.2, -0.15) is 0 Å². The third-order valence-electron chi connectivity index (χ3n) is 4.30. The average molecular weight is 363 g/mol. The third kappa shape index (κ3) is 3.48. The van der Waals surface area contributed by atoms with Gasteiger partial charge in [-0.15, -0.1) is 0 Å². The maximum atomic E-state index is 12.8. The number of aromatic nitrogens is 2. The maximum Gasteiger partial charge on any atom is 0.276 e. The predicted molar refractivity (Wildman–Crippen MR) is 103 cm³/mol. The van der Waals surface area contributed by atoms with Crippen LogP contribution in [0.4, 0.5) is 5.69 Å². The molecule has 0 spiro atoms. The average Bonchev–Trinajstić information content (AvgIpc) is 2.68. The largest absolute Gasteiger partial charge is 0.305 e. The lowest BCUT2D eigenvalue weighted by Gasteiger charge is -2.05. The second-order valence-electron chi connectivity index (χ2n) is 6.01. The molecule has 0 aliphatic carbocycles. The molecule has 7 heteroatoms. The van der Waals surface area contributed by atoms with E-state index in [4.69, 9.17) is 0 Å². The normalized spacial score (nSPS) is 12.4. The van der Waals surface area contributed by atoms with Crippen molar-refractivity contribution >= 4 is 17.8 Å². The van der Waals surface area contributed by atoms with E-state index in [1.54, 1.807) is 18.2 Å². The first-order valence-corrected chi connectivity index (χ1v) is 8.18. The van der Waals surface area contributed by atoms with Gasteiger partial charge in [0.1, 0.15) is 10.7 Å². The van der Waals surface area contributed by atoms with E-state index in [1.165, 1.54) is 41.4 Å². The molecule has 3 aromatic rings. The molecular formula is C20H17N3O4. The zero-order valence-electron chi connectivity index (χ0n) is 14.8. The molecule has 0 fully saturated rings. The Bertz CT molecular complexity index is 1260. The molecule has 0 aliphatic heterocycles. The van der Waals surface area contributed by atoms with E-state index < -0.39 is 10.5 Å². The third-order valence-corrected chi connectivity index (χ3v) is 4.30. The molecule has 7 nitrogen and oxygen atoms in total. The Labute approximate surface area is 153 Å². The summed E-state index contributed by atoms with van der Waals surface area (Å²) >= 11 is 0. The van der Waals surface area contributed by atoms with Crippen molar-refractivity contribution in [2.45, 2.75) is 0 Å².